The van der Waals surface area contributed by atoms with Gasteiger partial charge in [-0.3, -0.25) is 4.90 Å². The quantitative estimate of drug-likeness (QED) is 0.641. The summed E-state index contributed by atoms with van der Waals surface area (Å²) in [4.78, 5) is 1.68. The maximum atomic E-state index is 12.9. The first-order valence-corrected chi connectivity index (χ1v) is 11.0. The lowest BCUT2D eigenvalue weighted by atomic mass is 10.2. The zero-order chi connectivity index (χ0) is 22.6. The number of halogens is 4. The van der Waals surface area contributed by atoms with Crippen molar-refractivity contribution in [3.05, 3.63) is 59.9 Å². The molecule has 0 radical (unpaired) electrons. The van der Waals surface area contributed by atoms with Crippen LogP contribution >= 0.6 is 0 Å². The fraction of sp³-hybridized carbons (Fsp3) is 0.400. The molecule has 2 aromatic carbocycles. The Hall–Kier alpha value is -2.21. The number of rotatable bonds is 7. The number of hydrogen-bond acceptors (Lipinski definition) is 5. The molecule has 1 aliphatic rings. The van der Waals surface area contributed by atoms with E-state index < -0.39 is 33.7 Å². The Morgan fingerprint density at radius 3 is 2.10 bits per heavy atom. The maximum Gasteiger partial charge on any atom is 0.416 e. The highest BCUT2D eigenvalue weighted by molar-refractivity contribution is 7.89. The van der Waals surface area contributed by atoms with Crippen LogP contribution in [0.15, 0.2) is 53.4 Å². The van der Waals surface area contributed by atoms with Crippen LogP contribution < -0.4 is 4.74 Å². The number of aliphatic hydroxyl groups is 1. The van der Waals surface area contributed by atoms with Crippen molar-refractivity contribution < 1.29 is 35.8 Å². The Labute approximate surface area is 177 Å². The summed E-state index contributed by atoms with van der Waals surface area (Å²) in [6, 6.07) is 8.82. The van der Waals surface area contributed by atoms with Crippen LogP contribution in [0, 0.1) is 5.82 Å². The first-order chi connectivity index (χ1) is 14.6. The van der Waals surface area contributed by atoms with E-state index >= 15 is 0 Å². The van der Waals surface area contributed by atoms with Gasteiger partial charge < -0.3 is 9.84 Å². The highest BCUT2D eigenvalue weighted by Crippen LogP contribution is 2.30. The van der Waals surface area contributed by atoms with Crippen LogP contribution in [0.4, 0.5) is 17.6 Å². The van der Waals surface area contributed by atoms with Gasteiger partial charge in [0.25, 0.3) is 0 Å². The van der Waals surface area contributed by atoms with Crippen LogP contribution in [0.1, 0.15) is 5.56 Å². The summed E-state index contributed by atoms with van der Waals surface area (Å²) in [6.45, 7) is 1.26. The third kappa shape index (κ3) is 6.16. The summed E-state index contributed by atoms with van der Waals surface area (Å²) in [5.41, 5.74) is -0.909. The second-order valence-electron chi connectivity index (χ2n) is 7.15. The monoisotopic (exact) mass is 462 g/mol. The molecule has 1 fully saturated rings. The second-order valence-corrected chi connectivity index (χ2v) is 9.08. The van der Waals surface area contributed by atoms with Crippen molar-refractivity contribution in [2.24, 2.45) is 0 Å². The number of β-amino-alcohol motifs (C(OH)–C–C–N with tert-alkyl or cyclic N) is 1. The molecule has 2 aromatic rings. The number of aliphatic hydroxyl groups excluding tert-OH is 1. The van der Waals surface area contributed by atoms with Crippen molar-refractivity contribution >= 4 is 10.0 Å². The number of sulfonamides is 1. The minimum atomic E-state index is -4.53. The molecule has 0 spiro atoms. The number of alkyl halides is 3. The predicted molar refractivity (Wildman–Crippen MR) is 105 cm³/mol. The minimum absolute atomic E-state index is 0.00427. The van der Waals surface area contributed by atoms with Gasteiger partial charge >= 0.3 is 6.18 Å². The Morgan fingerprint density at radius 2 is 1.55 bits per heavy atom. The fourth-order valence-electron chi connectivity index (χ4n) is 3.19. The third-order valence-electron chi connectivity index (χ3n) is 4.88. The summed E-state index contributed by atoms with van der Waals surface area (Å²) in [7, 11) is -3.90. The lowest BCUT2D eigenvalue weighted by Gasteiger charge is -2.34. The zero-order valence-corrected chi connectivity index (χ0v) is 17.2. The van der Waals surface area contributed by atoms with Crippen molar-refractivity contribution in [3.63, 3.8) is 0 Å². The van der Waals surface area contributed by atoms with Crippen LogP contribution in [0.3, 0.4) is 0 Å². The van der Waals surface area contributed by atoms with Gasteiger partial charge in [0, 0.05) is 32.7 Å². The predicted octanol–water partition coefficient (Wildman–Crippen LogP) is 2.59. The molecule has 1 aliphatic heterocycles. The molecule has 3 rings (SSSR count). The van der Waals surface area contributed by atoms with E-state index in [4.69, 9.17) is 4.74 Å². The molecule has 1 atom stereocenters. The maximum absolute atomic E-state index is 12.9. The Morgan fingerprint density at radius 1 is 0.968 bits per heavy atom. The van der Waals surface area contributed by atoms with E-state index in [1.165, 1.54) is 28.6 Å². The van der Waals surface area contributed by atoms with Crippen molar-refractivity contribution in [1.29, 1.82) is 0 Å². The summed E-state index contributed by atoms with van der Waals surface area (Å²) in [6.07, 6.45) is -5.36. The summed E-state index contributed by atoms with van der Waals surface area (Å²) in [5, 5.41) is 10.1. The highest BCUT2D eigenvalue weighted by Gasteiger charge is 2.32. The van der Waals surface area contributed by atoms with Gasteiger partial charge in [-0.1, -0.05) is 0 Å². The normalized spacial score (nSPS) is 17.5. The van der Waals surface area contributed by atoms with E-state index in [0.717, 1.165) is 24.3 Å². The van der Waals surface area contributed by atoms with Gasteiger partial charge in [0.2, 0.25) is 10.0 Å². The molecule has 0 aromatic heterocycles. The van der Waals surface area contributed by atoms with Gasteiger partial charge in [0.15, 0.2) is 0 Å². The molecule has 1 N–H and O–H groups in total. The SMILES string of the molecule is O=S(=O)(c1ccc(C(F)(F)F)cc1)N1CCN(CC(O)COc2ccc(F)cc2)CC1. The van der Waals surface area contributed by atoms with Crippen LogP contribution in [-0.2, 0) is 16.2 Å². The molecule has 0 saturated carbocycles. The minimum Gasteiger partial charge on any atom is -0.491 e. The summed E-state index contributed by atoms with van der Waals surface area (Å²) in [5.74, 6) is 0.0323. The van der Waals surface area contributed by atoms with Crippen molar-refractivity contribution in [1.82, 2.24) is 9.21 Å². The molecule has 6 nitrogen and oxygen atoms in total. The Bertz CT molecular complexity index is 958. The standard InChI is InChI=1S/C20H22F4N2O4S/c21-16-3-5-18(6-4-16)30-14-17(27)13-25-9-11-26(12-10-25)31(28,29)19-7-1-15(2-8-19)20(22,23)24/h1-8,17,27H,9-14H2. The molecule has 31 heavy (non-hydrogen) atoms. The van der Waals surface area contributed by atoms with Gasteiger partial charge in [-0.2, -0.15) is 17.5 Å². The van der Waals surface area contributed by atoms with Crippen LogP contribution in [0.25, 0.3) is 0 Å². The zero-order valence-electron chi connectivity index (χ0n) is 16.4. The van der Waals surface area contributed by atoms with Crippen LogP contribution in [0.2, 0.25) is 0 Å². The van der Waals surface area contributed by atoms with Crippen molar-refractivity contribution in [3.8, 4) is 5.75 Å². The van der Waals surface area contributed by atoms with E-state index in [1.54, 1.807) is 0 Å². The smallest absolute Gasteiger partial charge is 0.416 e. The van der Waals surface area contributed by atoms with Gasteiger partial charge in [0.1, 0.15) is 24.3 Å². The van der Waals surface area contributed by atoms with E-state index in [2.05, 4.69) is 0 Å². The number of benzene rings is 2. The molecule has 1 saturated heterocycles. The molecule has 11 heteroatoms. The van der Waals surface area contributed by atoms with E-state index in [9.17, 15) is 31.1 Å². The van der Waals surface area contributed by atoms with Gasteiger partial charge in [-0.05, 0) is 48.5 Å². The summed E-state index contributed by atoms with van der Waals surface area (Å²) < 4.78 is 82.9. The van der Waals surface area contributed by atoms with Crippen molar-refractivity contribution in [2.45, 2.75) is 17.2 Å². The average Bonchev–Trinajstić information content (AvgIpc) is 2.73. The number of ether oxygens (including phenoxy) is 1. The number of nitrogens with zero attached hydrogens (tertiary/aromatic N) is 2. The first kappa shape index (κ1) is 23.5. The van der Waals surface area contributed by atoms with Gasteiger partial charge in [-0.25, -0.2) is 12.8 Å². The fourth-order valence-corrected chi connectivity index (χ4v) is 4.61. The number of piperazine rings is 1. The van der Waals surface area contributed by atoms with Gasteiger partial charge in [0.05, 0.1) is 10.5 Å². The molecular weight excluding hydrogens is 440 g/mol. The Kier molecular flexibility index (Phi) is 7.20. The average molecular weight is 462 g/mol. The molecule has 0 aliphatic carbocycles. The second kappa shape index (κ2) is 9.51. The lowest BCUT2D eigenvalue weighted by Crippen LogP contribution is -2.50. The number of hydrogen-bond donors (Lipinski definition) is 1. The summed E-state index contributed by atoms with van der Waals surface area (Å²) >= 11 is 0. The van der Waals surface area contributed by atoms with Crippen LogP contribution in [0.5, 0.6) is 5.75 Å². The molecule has 1 heterocycles. The molecule has 170 valence electrons. The first-order valence-electron chi connectivity index (χ1n) is 9.52. The molecule has 0 amide bonds. The molecule has 1 unspecified atom stereocenters. The molecule has 0 bridgehead atoms. The Balaban J connectivity index is 1.49. The van der Waals surface area contributed by atoms with E-state index in [-0.39, 0.29) is 31.1 Å². The third-order valence-corrected chi connectivity index (χ3v) is 6.79. The molecular formula is C20H22F4N2O4S. The highest BCUT2D eigenvalue weighted by atomic mass is 32.2. The lowest BCUT2D eigenvalue weighted by molar-refractivity contribution is -0.137. The largest absolute Gasteiger partial charge is 0.491 e. The van der Waals surface area contributed by atoms with Crippen molar-refractivity contribution in [2.75, 3.05) is 39.3 Å². The van der Waals surface area contributed by atoms with E-state index in [0.29, 0.717) is 18.8 Å². The topological polar surface area (TPSA) is 70.1 Å². The van der Waals surface area contributed by atoms with Gasteiger partial charge in [-0.15, -0.1) is 0 Å². The van der Waals surface area contributed by atoms with E-state index in [1.807, 2.05) is 4.90 Å². The van der Waals surface area contributed by atoms with Crippen LogP contribution in [-0.4, -0.2) is 68.2 Å².